The molecule has 2 aromatic heterocycles. The summed E-state index contributed by atoms with van der Waals surface area (Å²) >= 11 is 0. The molecule has 0 spiro atoms. The summed E-state index contributed by atoms with van der Waals surface area (Å²) in [5.41, 5.74) is 5.27. The zero-order valence-electron chi connectivity index (χ0n) is 13.4. The van der Waals surface area contributed by atoms with Crippen molar-refractivity contribution in [3.8, 4) is 34.4 Å². The number of benzene rings is 2. The summed E-state index contributed by atoms with van der Waals surface area (Å²) in [6.07, 6.45) is 1.69. The SMILES string of the molecule is OCC#Cc1cnn2c(-c3ccccc3)cc(-c3ccccc3)nc12. The van der Waals surface area contributed by atoms with Crippen LogP contribution < -0.4 is 0 Å². The topological polar surface area (TPSA) is 50.4 Å². The van der Waals surface area contributed by atoms with Crippen molar-refractivity contribution in [1.29, 1.82) is 0 Å². The molecular formula is C21H15N3O. The van der Waals surface area contributed by atoms with E-state index in [1.807, 2.05) is 66.7 Å². The van der Waals surface area contributed by atoms with E-state index >= 15 is 0 Å². The summed E-state index contributed by atoms with van der Waals surface area (Å²) in [5.74, 6) is 5.60. The molecule has 1 N–H and O–H groups in total. The zero-order valence-corrected chi connectivity index (χ0v) is 13.4. The fraction of sp³-hybridized carbons (Fsp3) is 0.0476. The summed E-state index contributed by atoms with van der Waals surface area (Å²) in [5, 5.41) is 13.4. The van der Waals surface area contributed by atoms with Gasteiger partial charge in [0.25, 0.3) is 0 Å². The fourth-order valence-corrected chi connectivity index (χ4v) is 2.76. The van der Waals surface area contributed by atoms with Crippen molar-refractivity contribution < 1.29 is 5.11 Å². The Bertz CT molecular complexity index is 1070. The summed E-state index contributed by atoms with van der Waals surface area (Å²) in [6.45, 7) is -0.193. The smallest absolute Gasteiger partial charge is 0.172 e. The van der Waals surface area contributed by atoms with Gasteiger partial charge in [-0.25, -0.2) is 9.50 Å². The number of nitrogens with zero attached hydrogens (tertiary/aromatic N) is 3. The van der Waals surface area contributed by atoms with Crippen molar-refractivity contribution in [2.24, 2.45) is 0 Å². The molecule has 4 aromatic rings. The maximum absolute atomic E-state index is 8.98. The molecule has 0 saturated heterocycles. The second kappa shape index (κ2) is 6.60. The van der Waals surface area contributed by atoms with Crippen molar-refractivity contribution in [3.63, 3.8) is 0 Å². The van der Waals surface area contributed by atoms with Crippen LogP contribution in [-0.4, -0.2) is 26.3 Å². The summed E-state index contributed by atoms with van der Waals surface area (Å²) in [7, 11) is 0. The van der Waals surface area contributed by atoms with Gasteiger partial charge >= 0.3 is 0 Å². The number of aliphatic hydroxyl groups is 1. The molecule has 0 aliphatic heterocycles. The molecule has 0 aliphatic carbocycles. The van der Waals surface area contributed by atoms with Gasteiger partial charge in [-0.1, -0.05) is 72.5 Å². The van der Waals surface area contributed by atoms with Crippen molar-refractivity contribution in [1.82, 2.24) is 14.6 Å². The van der Waals surface area contributed by atoms with E-state index in [-0.39, 0.29) is 6.61 Å². The van der Waals surface area contributed by atoms with Gasteiger partial charge in [0.1, 0.15) is 6.61 Å². The third-order valence-electron chi connectivity index (χ3n) is 3.91. The molecule has 0 amide bonds. The largest absolute Gasteiger partial charge is 0.384 e. The minimum Gasteiger partial charge on any atom is -0.384 e. The summed E-state index contributed by atoms with van der Waals surface area (Å²) in [6, 6.07) is 22.1. The lowest BCUT2D eigenvalue weighted by Crippen LogP contribution is -1.98. The van der Waals surface area contributed by atoms with Gasteiger partial charge < -0.3 is 5.11 Å². The Hall–Kier alpha value is -3.42. The van der Waals surface area contributed by atoms with Crippen molar-refractivity contribution in [3.05, 3.63) is 78.5 Å². The molecule has 0 aliphatic rings. The Kier molecular flexibility index (Phi) is 3.99. The monoisotopic (exact) mass is 325 g/mol. The molecule has 2 heterocycles. The van der Waals surface area contributed by atoms with Crippen LogP contribution in [0, 0.1) is 11.8 Å². The Balaban J connectivity index is 2.01. The number of hydrogen-bond acceptors (Lipinski definition) is 3. The van der Waals surface area contributed by atoms with Crippen molar-refractivity contribution in [2.45, 2.75) is 0 Å². The van der Waals surface area contributed by atoms with E-state index in [4.69, 9.17) is 10.1 Å². The van der Waals surface area contributed by atoms with Crippen LogP contribution in [0.1, 0.15) is 5.56 Å². The van der Waals surface area contributed by atoms with Gasteiger partial charge in [0.2, 0.25) is 0 Å². The van der Waals surface area contributed by atoms with E-state index in [1.165, 1.54) is 0 Å². The van der Waals surface area contributed by atoms with Gasteiger partial charge in [-0.3, -0.25) is 0 Å². The Morgan fingerprint density at radius 2 is 1.60 bits per heavy atom. The van der Waals surface area contributed by atoms with E-state index in [0.29, 0.717) is 11.2 Å². The maximum Gasteiger partial charge on any atom is 0.172 e. The minimum absolute atomic E-state index is 0.193. The van der Waals surface area contributed by atoms with Gasteiger partial charge in [0, 0.05) is 11.1 Å². The van der Waals surface area contributed by atoms with Crippen LogP contribution in [-0.2, 0) is 0 Å². The van der Waals surface area contributed by atoms with E-state index in [0.717, 1.165) is 22.5 Å². The van der Waals surface area contributed by atoms with E-state index in [9.17, 15) is 0 Å². The normalized spacial score (nSPS) is 10.4. The molecule has 0 bridgehead atoms. The lowest BCUT2D eigenvalue weighted by molar-refractivity contribution is 0.350. The van der Waals surface area contributed by atoms with Crippen LogP contribution in [0.5, 0.6) is 0 Å². The van der Waals surface area contributed by atoms with Crippen LogP contribution in [0.3, 0.4) is 0 Å². The highest BCUT2D eigenvalue weighted by Crippen LogP contribution is 2.27. The molecular weight excluding hydrogens is 310 g/mol. The third kappa shape index (κ3) is 2.89. The van der Waals surface area contributed by atoms with Crippen molar-refractivity contribution in [2.75, 3.05) is 6.61 Å². The Morgan fingerprint density at radius 1 is 0.920 bits per heavy atom. The van der Waals surface area contributed by atoms with E-state index in [1.54, 1.807) is 10.7 Å². The van der Waals surface area contributed by atoms with E-state index in [2.05, 4.69) is 16.9 Å². The number of fused-ring (bicyclic) bond motifs is 1. The molecule has 0 unspecified atom stereocenters. The van der Waals surface area contributed by atoms with Crippen LogP contribution in [0.25, 0.3) is 28.2 Å². The molecule has 0 atom stereocenters. The number of hydrogen-bond donors (Lipinski definition) is 1. The number of rotatable bonds is 2. The molecule has 4 heteroatoms. The van der Waals surface area contributed by atoms with Gasteiger partial charge in [-0.05, 0) is 6.07 Å². The average Bonchev–Trinajstić information content (AvgIpc) is 3.10. The van der Waals surface area contributed by atoms with Gasteiger partial charge in [0.15, 0.2) is 5.65 Å². The first-order valence-corrected chi connectivity index (χ1v) is 7.96. The predicted octanol–water partition coefficient (Wildman–Crippen LogP) is 3.41. The number of aliphatic hydroxyl groups excluding tert-OH is 1. The predicted molar refractivity (Wildman–Crippen MR) is 97.8 cm³/mol. The molecule has 120 valence electrons. The molecule has 4 nitrogen and oxygen atoms in total. The molecule has 0 fully saturated rings. The maximum atomic E-state index is 8.98. The minimum atomic E-state index is -0.193. The molecule has 0 radical (unpaired) electrons. The van der Waals surface area contributed by atoms with Crippen LogP contribution in [0.4, 0.5) is 0 Å². The molecule has 2 aromatic carbocycles. The van der Waals surface area contributed by atoms with E-state index < -0.39 is 0 Å². The molecule has 4 rings (SSSR count). The Morgan fingerprint density at radius 3 is 2.28 bits per heavy atom. The van der Waals surface area contributed by atoms with Gasteiger partial charge in [-0.15, -0.1) is 0 Å². The standard InChI is InChI=1S/C21H15N3O/c25-13-7-12-18-15-22-24-20(17-10-5-2-6-11-17)14-19(23-21(18)24)16-8-3-1-4-9-16/h1-6,8-11,14-15,25H,13H2. The van der Waals surface area contributed by atoms with Crippen molar-refractivity contribution >= 4 is 5.65 Å². The summed E-state index contributed by atoms with van der Waals surface area (Å²) < 4.78 is 1.79. The first-order valence-electron chi connectivity index (χ1n) is 7.96. The summed E-state index contributed by atoms with van der Waals surface area (Å²) in [4.78, 5) is 4.76. The van der Waals surface area contributed by atoms with Crippen LogP contribution in [0.2, 0.25) is 0 Å². The molecule has 25 heavy (non-hydrogen) atoms. The fourth-order valence-electron chi connectivity index (χ4n) is 2.76. The van der Waals surface area contributed by atoms with Crippen LogP contribution in [0.15, 0.2) is 72.9 Å². The number of aromatic nitrogens is 3. The second-order valence-corrected chi connectivity index (χ2v) is 5.51. The van der Waals surface area contributed by atoms with Crippen LogP contribution >= 0.6 is 0 Å². The van der Waals surface area contributed by atoms with Gasteiger partial charge in [0.05, 0.1) is 23.1 Å². The quantitative estimate of drug-likeness (QED) is 0.575. The highest BCUT2D eigenvalue weighted by atomic mass is 16.2. The average molecular weight is 325 g/mol. The highest BCUT2D eigenvalue weighted by molar-refractivity contribution is 5.73. The molecule has 0 saturated carbocycles. The Labute approximate surface area is 145 Å². The first-order chi connectivity index (χ1) is 12.4. The lowest BCUT2D eigenvalue weighted by atomic mass is 10.1. The second-order valence-electron chi connectivity index (χ2n) is 5.51. The first kappa shape index (κ1) is 15.1. The lowest BCUT2D eigenvalue weighted by Gasteiger charge is -2.09. The highest BCUT2D eigenvalue weighted by Gasteiger charge is 2.13. The zero-order chi connectivity index (χ0) is 17.1. The van der Waals surface area contributed by atoms with Gasteiger partial charge in [-0.2, -0.15) is 5.10 Å². The third-order valence-corrected chi connectivity index (χ3v) is 3.91.